The van der Waals surface area contributed by atoms with Gasteiger partial charge in [0.05, 0.1) is 37.4 Å². The van der Waals surface area contributed by atoms with Crippen LogP contribution < -0.4 is 5.32 Å². The second-order valence-corrected chi connectivity index (χ2v) is 20.1. The van der Waals surface area contributed by atoms with E-state index in [9.17, 15) is 44.7 Å². The lowest BCUT2D eigenvalue weighted by atomic mass is 9.33. The van der Waals surface area contributed by atoms with Crippen LogP contribution in [0.2, 0.25) is 0 Å². The zero-order valence-electron chi connectivity index (χ0n) is 34.1. The minimum absolute atomic E-state index is 0.0108. The number of carbonyl (C=O) groups is 4. The smallest absolute Gasteiger partial charge is 0.364 e. The van der Waals surface area contributed by atoms with Crippen molar-refractivity contribution in [1.82, 2.24) is 5.32 Å². The van der Waals surface area contributed by atoms with Crippen LogP contribution >= 0.6 is 0 Å². The Morgan fingerprint density at radius 1 is 0.964 bits per heavy atom. The van der Waals surface area contributed by atoms with Crippen molar-refractivity contribution >= 4 is 23.6 Å². The maximum Gasteiger partial charge on any atom is 0.364 e. The molecule has 1 saturated heterocycles. The van der Waals surface area contributed by atoms with Crippen molar-refractivity contribution in [2.24, 2.45) is 50.2 Å². The molecule has 0 unspecified atom stereocenters. The number of hydrogen-bond donors (Lipinski definition) is 6. The molecule has 0 aromatic carbocycles. The van der Waals surface area contributed by atoms with Crippen molar-refractivity contribution in [2.45, 2.75) is 162 Å². The molecule has 13 nitrogen and oxygen atoms in total. The molecular formula is C42H65NO12. The molecule has 0 aromatic heterocycles. The molecule has 6 rings (SSSR count). The Balaban J connectivity index is 1.32. The Morgan fingerprint density at radius 2 is 1.62 bits per heavy atom. The number of ketones is 1. The van der Waals surface area contributed by atoms with Crippen LogP contribution in [-0.4, -0.2) is 105 Å². The minimum Gasteiger partial charge on any atom is -0.477 e. The lowest BCUT2D eigenvalue weighted by molar-refractivity contribution is -0.341. The third kappa shape index (κ3) is 6.24. The second-order valence-electron chi connectivity index (χ2n) is 20.1. The average molecular weight is 776 g/mol. The summed E-state index contributed by atoms with van der Waals surface area (Å²) in [6, 6.07) is -1.29. The van der Waals surface area contributed by atoms with Crippen molar-refractivity contribution in [1.29, 1.82) is 0 Å². The molecule has 0 aromatic rings. The Bertz CT molecular complexity index is 1610. The van der Waals surface area contributed by atoms with Crippen LogP contribution in [-0.2, 0) is 33.4 Å². The van der Waals surface area contributed by atoms with Gasteiger partial charge < -0.3 is 45.1 Å². The van der Waals surface area contributed by atoms with Crippen LogP contribution in [0.5, 0.6) is 0 Å². The Kier molecular flexibility index (Phi) is 10.6. The van der Waals surface area contributed by atoms with Crippen LogP contribution in [0.15, 0.2) is 11.6 Å². The first-order chi connectivity index (χ1) is 25.4. The molecule has 6 N–H and O–H groups in total. The summed E-state index contributed by atoms with van der Waals surface area (Å²) in [6.07, 6.45) is 0.674. The van der Waals surface area contributed by atoms with Gasteiger partial charge in [-0.15, -0.1) is 0 Å². The number of methoxy groups -OCH3 is 1. The number of aliphatic hydroxyl groups excluding tert-OH is 4. The number of carboxylic acid groups (broad SMARTS) is 1. The summed E-state index contributed by atoms with van der Waals surface area (Å²) >= 11 is 0. The fraction of sp³-hybridized carbons (Fsp3) is 0.857. The zero-order valence-corrected chi connectivity index (χ0v) is 34.1. The lowest BCUT2D eigenvalue weighted by Gasteiger charge is -2.70. The van der Waals surface area contributed by atoms with Crippen LogP contribution in [0.3, 0.4) is 0 Å². The molecule has 6 aliphatic rings. The quantitative estimate of drug-likeness (QED) is 0.154. The summed E-state index contributed by atoms with van der Waals surface area (Å²) < 4.78 is 17.8. The molecular weight excluding hydrogens is 710 g/mol. The van der Waals surface area contributed by atoms with Gasteiger partial charge in [0.15, 0.2) is 5.78 Å². The van der Waals surface area contributed by atoms with Crippen LogP contribution in [0.1, 0.15) is 120 Å². The van der Waals surface area contributed by atoms with E-state index >= 15 is 0 Å². The number of aliphatic hydroxyl groups is 4. The standard InChI is InChI=1S/C42H65NO12/c1-22(45)43-30-26(47)20-42(34(50)51,55-32(30)31(49)27(48)21-44)54-29-11-12-39(6)28(36(29,2)3)10-13-41(8)33(39)25(46)18-23-24-19-38(5,35(52)53-9)15-14-37(24,4)16-17-40(23,41)7/h18,24,26-33,44,47-49H,10-17,19-21H2,1-9H3,(H,43,45)(H,50,51)/t24-,26-,27+,28-,29-,30+,31+,32+,33+,37+,38-,39-,40+,41+,42+/m0/s1. The van der Waals surface area contributed by atoms with Crippen LogP contribution in [0, 0.1) is 50.2 Å². The summed E-state index contributed by atoms with van der Waals surface area (Å²) in [6.45, 7) is 15.6. The number of fused-ring (bicyclic) bond motifs is 7. The molecule has 0 bridgehead atoms. The molecule has 0 radical (unpaired) electrons. The lowest BCUT2D eigenvalue weighted by Crippen LogP contribution is -2.70. The molecule has 1 amide bonds. The van der Waals surface area contributed by atoms with E-state index in [2.05, 4.69) is 33.0 Å². The Labute approximate surface area is 324 Å². The average Bonchev–Trinajstić information content (AvgIpc) is 3.10. The van der Waals surface area contributed by atoms with Crippen molar-refractivity contribution < 1.29 is 58.9 Å². The molecule has 5 fully saturated rings. The number of allylic oxidation sites excluding steroid dienone is 2. The van der Waals surface area contributed by atoms with E-state index in [4.69, 9.17) is 14.2 Å². The highest BCUT2D eigenvalue weighted by atomic mass is 16.7. The third-order valence-corrected chi connectivity index (χ3v) is 16.7. The van der Waals surface area contributed by atoms with E-state index in [1.807, 2.05) is 26.8 Å². The van der Waals surface area contributed by atoms with Crippen molar-refractivity contribution in [3.05, 3.63) is 11.6 Å². The maximum atomic E-state index is 14.9. The largest absolute Gasteiger partial charge is 0.477 e. The van der Waals surface area contributed by atoms with E-state index in [0.717, 1.165) is 38.5 Å². The van der Waals surface area contributed by atoms with Gasteiger partial charge in [-0.2, -0.15) is 0 Å². The number of amides is 1. The van der Waals surface area contributed by atoms with Gasteiger partial charge in [0.2, 0.25) is 5.91 Å². The SMILES string of the molecule is COC(=O)[C@@]1(C)CC[C@]2(C)CC[C@]3(C)C(=CC(=O)[C@@H]4[C@@]5(C)CC[C@H](O[C@]6(C(=O)O)C[C@H](O)[C@@H](NC(C)=O)[C@H]([C@H](O)[C@H](O)CO)O6)C(C)(C)[C@@H]5CC[C@]43C)[C@@H]2C1. The number of rotatable bonds is 8. The molecule has 1 heterocycles. The summed E-state index contributed by atoms with van der Waals surface area (Å²) in [7, 11) is 1.45. The van der Waals surface area contributed by atoms with Crippen LogP contribution in [0.4, 0.5) is 0 Å². The van der Waals surface area contributed by atoms with E-state index in [1.54, 1.807) is 0 Å². The second kappa shape index (κ2) is 13.9. The Morgan fingerprint density at radius 3 is 2.22 bits per heavy atom. The van der Waals surface area contributed by atoms with Crippen molar-refractivity contribution in [3.63, 3.8) is 0 Å². The minimum atomic E-state index is -2.45. The number of esters is 1. The van der Waals surface area contributed by atoms with Gasteiger partial charge in [-0.25, -0.2) is 4.79 Å². The molecule has 1 aliphatic heterocycles. The molecule has 5 aliphatic carbocycles. The zero-order chi connectivity index (χ0) is 40.9. The molecule has 13 heteroatoms. The monoisotopic (exact) mass is 775 g/mol. The third-order valence-electron chi connectivity index (χ3n) is 16.7. The predicted molar refractivity (Wildman–Crippen MR) is 199 cm³/mol. The summed E-state index contributed by atoms with van der Waals surface area (Å²) in [5.74, 6) is -4.90. The highest BCUT2D eigenvalue weighted by Gasteiger charge is 2.71. The van der Waals surface area contributed by atoms with Gasteiger partial charge in [0, 0.05) is 19.3 Å². The normalized spacial score (nSPS) is 47.4. The number of carboxylic acids is 1. The molecule has 0 spiro atoms. The summed E-state index contributed by atoms with van der Waals surface area (Å²) in [5, 5.41) is 55.3. The first-order valence-electron chi connectivity index (χ1n) is 20.3. The van der Waals surface area contributed by atoms with Crippen LogP contribution in [0.25, 0.3) is 0 Å². The number of hydrogen-bond acceptors (Lipinski definition) is 11. The van der Waals surface area contributed by atoms with E-state index in [1.165, 1.54) is 19.6 Å². The van der Waals surface area contributed by atoms with E-state index in [-0.39, 0.29) is 45.8 Å². The maximum absolute atomic E-state index is 14.9. The topological polar surface area (TPSA) is 209 Å². The first kappa shape index (κ1) is 42.2. The van der Waals surface area contributed by atoms with Gasteiger partial charge in [-0.1, -0.05) is 47.1 Å². The van der Waals surface area contributed by atoms with Gasteiger partial charge in [0.1, 0.15) is 18.3 Å². The number of ether oxygens (including phenoxy) is 3. The van der Waals surface area contributed by atoms with Crippen molar-refractivity contribution in [3.8, 4) is 0 Å². The number of aliphatic carboxylic acids is 1. The highest BCUT2D eigenvalue weighted by Crippen LogP contribution is 2.75. The van der Waals surface area contributed by atoms with Crippen molar-refractivity contribution in [2.75, 3.05) is 13.7 Å². The van der Waals surface area contributed by atoms with Gasteiger partial charge in [-0.3, -0.25) is 14.4 Å². The molecule has 55 heavy (non-hydrogen) atoms. The van der Waals surface area contributed by atoms with Gasteiger partial charge in [-0.05, 0) is 110 Å². The first-order valence-corrected chi connectivity index (χ1v) is 20.3. The fourth-order valence-electron chi connectivity index (χ4n) is 13.3. The summed E-state index contributed by atoms with van der Waals surface area (Å²) in [5.41, 5.74) is -1.21. The summed E-state index contributed by atoms with van der Waals surface area (Å²) in [4.78, 5) is 53.1. The predicted octanol–water partition coefficient (Wildman–Crippen LogP) is 3.67. The number of nitrogens with one attached hydrogen (secondary N) is 1. The van der Waals surface area contributed by atoms with Gasteiger partial charge >= 0.3 is 11.9 Å². The Hall–Kier alpha value is -2.42. The fourth-order valence-corrected chi connectivity index (χ4v) is 13.3. The molecule has 4 saturated carbocycles. The molecule has 310 valence electrons. The number of carbonyl (C=O) groups excluding carboxylic acids is 3. The van der Waals surface area contributed by atoms with E-state index in [0.29, 0.717) is 19.3 Å². The van der Waals surface area contributed by atoms with E-state index < -0.39 is 83.5 Å². The molecule has 15 atom stereocenters. The highest BCUT2D eigenvalue weighted by molar-refractivity contribution is 5.95. The van der Waals surface area contributed by atoms with Gasteiger partial charge in [0.25, 0.3) is 5.79 Å².